The quantitative estimate of drug-likeness (QED) is 0.539. The SMILES string of the molecule is Brc1ccccc1C=NC(c1ccccc1)c1ccccc1. The third-order valence-corrected chi connectivity index (χ3v) is 4.22. The van der Waals surface area contributed by atoms with Gasteiger partial charge in [-0.1, -0.05) is 94.8 Å². The lowest BCUT2D eigenvalue weighted by Gasteiger charge is -2.13. The summed E-state index contributed by atoms with van der Waals surface area (Å²) in [5.74, 6) is 0. The Labute approximate surface area is 139 Å². The van der Waals surface area contributed by atoms with E-state index in [0.29, 0.717) is 0 Å². The molecule has 3 rings (SSSR count). The van der Waals surface area contributed by atoms with Crippen LogP contribution in [-0.4, -0.2) is 6.21 Å². The van der Waals surface area contributed by atoms with E-state index in [2.05, 4.69) is 70.5 Å². The first-order chi connectivity index (χ1) is 10.8. The summed E-state index contributed by atoms with van der Waals surface area (Å²) in [6, 6.07) is 28.9. The van der Waals surface area contributed by atoms with E-state index in [1.807, 2.05) is 36.5 Å². The predicted octanol–water partition coefficient (Wildman–Crippen LogP) is 5.66. The topological polar surface area (TPSA) is 12.4 Å². The predicted molar refractivity (Wildman–Crippen MR) is 96.5 cm³/mol. The molecular weight excluding hydrogens is 334 g/mol. The largest absolute Gasteiger partial charge is 0.280 e. The van der Waals surface area contributed by atoms with Crippen molar-refractivity contribution in [3.8, 4) is 0 Å². The van der Waals surface area contributed by atoms with Crippen molar-refractivity contribution >= 4 is 22.1 Å². The zero-order chi connectivity index (χ0) is 15.2. The van der Waals surface area contributed by atoms with Gasteiger partial charge in [0.1, 0.15) is 0 Å². The molecule has 3 aromatic rings. The molecule has 0 amide bonds. The van der Waals surface area contributed by atoms with Crippen LogP contribution in [0.25, 0.3) is 0 Å². The van der Waals surface area contributed by atoms with Gasteiger partial charge < -0.3 is 0 Å². The number of aliphatic imine (C=N–C) groups is 1. The van der Waals surface area contributed by atoms with Crippen LogP contribution < -0.4 is 0 Å². The molecule has 22 heavy (non-hydrogen) atoms. The van der Waals surface area contributed by atoms with Crippen molar-refractivity contribution in [3.05, 3.63) is 106 Å². The Morgan fingerprint density at radius 1 is 0.682 bits per heavy atom. The second-order valence-corrected chi connectivity index (χ2v) is 5.88. The van der Waals surface area contributed by atoms with Gasteiger partial charge in [-0.2, -0.15) is 0 Å². The van der Waals surface area contributed by atoms with Crippen molar-refractivity contribution in [2.45, 2.75) is 6.04 Å². The van der Waals surface area contributed by atoms with Crippen LogP contribution in [0, 0.1) is 0 Å². The van der Waals surface area contributed by atoms with E-state index >= 15 is 0 Å². The standard InChI is InChI=1S/C20H16BrN/c21-19-14-8-7-13-18(19)15-22-20(16-9-3-1-4-10-16)17-11-5-2-6-12-17/h1-15,20H. The average molecular weight is 350 g/mol. The van der Waals surface area contributed by atoms with Gasteiger partial charge in [-0.05, 0) is 17.2 Å². The summed E-state index contributed by atoms with van der Waals surface area (Å²) in [7, 11) is 0. The van der Waals surface area contributed by atoms with Crippen LogP contribution in [0.5, 0.6) is 0 Å². The fourth-order valence-electron chi connectivity index (χ4n) is 2.37. The third kappa shape index (κ3) is 3.52. The smallest absolute Gasteiger partial charge is 0.0999 e. The summed E-state index contributed by atoms with van der Waals surface area (Å²) < 4.78 is 1.05. The van der Waals surface area contributed by atoms with Crippen LogP contribution in [0.3, 0.4) is 0 Å². The molecule has 0 bridgehead atoms. The van der Waals surface area contributed by atoms with Gasteiger partial charge in [-0.3, -0.25) is 4.99 Å². The summed E-state index contributed by atoms with van der Waals surface area (Å²) in [6.07, 6.45) is 1.94. The molecule has 0 radical (unpaired) electrons. The maximum Gasteiger partial charge on any atom is 0.0999 e. The summed E-state index contributed by atoms with van der Waals surface area (Å²) >= 11 is 3.57. The van der Waals surface area contributed by atoms with Crippen molar-refractivity contribution in [3.63, 3.8) is 0 Å². The van der Waals surface area contributed by atoms with Gasteiger partial charge in [0.15, 0.2) is 0 Å². The maximum atomic E-state index is 4.84. The highest BCUT2D eigenvalue weighted by atomic mass is 79.9. The van der Waals surface area contributed by atoms with E-state index in [1.165, 1.54) is 11.1 Å². The summed E-state index contributed by atoms with van der Waals surface area (Å²) in [4.78, 5) is 4.84. The van der Waals surface area contributed by atoms with Gasteiger partial charge in [-0.15, -0.1) is 0 Å². The minimum absolute atomic E-state index is 0.00880. The molecule has 0 heterocycles. The van der Waals surface area contributed by atoms with E-state index in [9.17, 15) is 0 Å². The van der Waals surface area contributed by atoms with Gasteiger partial charge in [0.05, 0.1) is 6.04 Å². The fraction of sp³-hybridized carbons (Fsp3) is 0.0500. The lowest BCUT2D eigenvalue weighted by molar-refractivity contribution is 0.878. The van der Waals surface area contributed by atoms with Crippen LogP contribution in [0.2, 0.25) is 0 Å². The van der Waals surface area contributed by atoms with Crippen molar-refractivity contribution in [2.75, 3.05) is 0 Å². The summed E-state index contributed by atoms with van der Waals surface area (Å²) in [5, 5.41) is 0. The molecule has 0 saturated carbocycles. The van der Waals surface area contributed by atoms with E-state index in [0.717, 1.165) is 10.0 Å². The zero-order valence-corrected chi connectivity index (χ0v) is 13.6. The highest BCUT2D eigenvalue weighted by molar-refractivity contribution is 9.10. The highest BCUT2D eigenvalue weighted by Crippen LogP contribution is 2.26. The number of rotatable bonds is 4. The van der Waals surface area contributed by atoms with Gasteiger partial charge in [0, 0.05) is 16.3 Å². The van der Waals surface area contributed by atoms with Crippen molar-refractivity contribution < 1.29 is 0 Å². The van der Waals surface area contributed by atoms with Crippen molar-refractivity contribution in [1.82, 2.24) is 0 Å². The lowest BCUT2D eigenvalue weighted by atomic mass is 9.99. The number of nitrogens with zero attached hydrogens (tertiary/aromatic N) is 1. The Morgan fingerprint density at radius 3 is 1.73 bits per heavy atom. The number of hydrogen-bond acceptors (Lipinski definition) is 1. The van der Waals surface area contributed by atoms with Crippen LogP contribution in [0.4, 0.5) is 0 Å². The Kier molecular flexibility index (Phi) is 4.81. The molecule has 0 spiro atoms. The normalized spacial score (nSPS) is 11.2. The number of halogens is 1. The molecule has 0 aliphatic rings. The van der Waals surface area contributed by atoms with Crippen LogP contribution in [0.15, 0.2) is 94.4 Å². The second kappa shape index (κ2) is 7.19. The van der Waals surface area contributed by atoms with Crippen LogP contribution >= 0.6 is 15.9 Å². The molecule has 108 valence electrons. The molecule has 0 atom stereocenters. The summed E-state index contributed by atoms with van der Waals surface area (Å²) in [6.45, 7) is 0. The van der Waals surface area contributed by atoms with Gasteiger partial charge in [0.2, 0.25) is 0 Å². The first kappa shape index (κ1) is 14.7. The molecule has 0 unspecified atom stereocenters. The fourth-order valence-corrected chi connectivity index (χ4v) is 2.76. The van der Waals surface area contributed by atoms with Gasteiger partial charge in [0.25, 0.3) is 0 Å². The van der Waals surface area contributed by atoms with E-state index < -0.39 is 0 Å². The Morgan fingerprint density at radius 2 is 1.18 bits per heavy atom. The van der Waals surface area contributed by atoms with Crippen LogP contribution in [0.1, 0.15) is 22.7 Å². The molecule has 3 aromatic carbocycles. The highest BCUT2D eigenvalue weighted by Gasteiger charge is 2.11. The van der Waals surface area contributed by atoms with E-state index in [1.54, 1.807) is 0 Å². The molecule has 0 aromatic heterocycles. The molecule has 0 saturated heterocycles. The monoisotopic (exact) mass is 349 g/mol. The maximum absolute atomic E-state index is 4.84. The molecule has 0 N–H and O–H groups in total. The minimum atomic E-state index is 0.00880. The summed E-state index contributed by atoms with van der Waals surface area (Å²) in [5.41, 5.74) is 3.47. The molecule has 0 fully saturated rings. The Hall–Kier alpha value is -2.19. The molecular formula is C20H16BrN. The minimum Gasteiger partial charge on any atom is -0.280 e. The number of hydrogen-bond donors (Lipinski definition) is 0. The first-order valence-electron chi connectivity index (χ1n) is 7.22. The molecule has 0 aliphatic heterocycles. The third-order valence-electron chi connectivity index (χ3n) is 3.50. The molecule has 1 nitrogen and oxygen atoms in total. The van der Waals surface area contributed by atoms with Gasteiger partial charge in [-0.25, -0.2) is 0 Å². The lowest BCUT2D eigenvalue weighted by Crippen LogP contribution is -1.99. The number of benzene rings is 3. The molecule has 0 aliphatic carbocycles. The van der Waals surface area contributed by atoms with E-state index in [-0.39, 0.29) is 6.04 Å². The Bertz CT molecular complexity index is 711. The van der Waals surface area contributed by atoms with E-state index in [4.69, 9.17) is 4.99 Å². The van der Waals surface area contributed by atoms with Gasteiger partial charge >= 0.3 is 0 Å². The second-order valence-electron chi connectivity index (χ2n) is 5.02. The average Bonchev–Trinajstić information content (AvgIpc) is 2.59. The molecule has 2 heteroatoms. The van der Waals surface area contributed by atoms with Crippen molar-refractivity contribution in [1.29, 1.82) is 0 Å². The van der Waals surface area contributed by atoms with Crippen LogP contribution in [-0.2, 0) is 0 Å². The zero-order valence-electron chi connectivity index (χ0n) is 12.1. The Balaban J connectivity index is 1.98. The first-order valence-corrected chi connectivity index (χ1v) is 8.01. The van der Waals surface area contributed by atoms with Crippen molar-refractivity contribution in [2.24, 2.45) is 4.99 Å².